The number of carbonyl (C=O) groups excluding carboxylic acids is 1. The predicted molar refractivity (Wildman–Crippen MR) is 141 cm³/mol. The van der Waals surface area contributed by atoms with Gasteiger partial charge >= 0.3 is 0 Å². The van der Waals surface area contributed by atoms with Crippen molar-refractivity contribution in [3.8, 4) is 11.6 Å². The normalized spacial score (nSPS) is 17.9. The van der Waals surface area contributed by atoms with Crippen molar-refractivity contribution in [1.29, 1.82) is 0 Å². The summed E-state index contributed by atoms with van der Waals surface area (Å²) in [4.78, 5) is 29.1. The summed E-state index contributed by atoms with van der Waals surface area (Å²) < 4.78 is 26.1. The van der Waals surface area contributed by atoms with E-state index in [1.165, 1.54) is 6.07 Å². The van der Waals surface area contributed by atoms with Gasteiger partial charge in [0.05, 0.1) is 17.3 Å². The SMILES string of the molecule is CCOc1cccnc1OCC(=O)N1CCC(c2nc(C3=NOC(c4c(F)cccc4Br)C3)cs2)CC1. The fourth-order valence-corrected chi connectivity index (χ4v) is 6.05. The van der Waals surface area contributed by atoms with Crippen LogP contribution in [-0.4, -0.2) is 52.8 Å². The van der Waals surface area contributed by atoms with Gasteiger partial charge in [0.25, 0.3) is 11.8 Å². The number of ether oxygens (including phenoxy) is 2. The molecular formula is C26H26BrFN4O4S. The van der Waals surface area contributed by atoms with Crippen LogP contribution in [0.5, 0.6) is 11.6 Å². The summed E-state index contributed by atoms with van der Waals surface area (Å²) in [6.45, 7) is 3.56. The summed E-state index contributed by atoms with van der Waals surface area (Å²) in [7, 11) is 0. The number of rotatable bonds is 8. The molecule has 1 amide bonds. The van der Waals surface area contributed by atoms with Gasteiger partial charge < -0.3 is 19.2 Å². The van der Waals surface area contributed by atoms with E-state index >= 15 is 0 Å². The lowest BCUT2D eigenvalue weighted by molar-refractivity contribution is -0.134. The Kier molecular flexibility index (Phi) is 7.99. The first-order valence-electron chi connectivity index (χ1n) is 12.1. The first-order valence-corrected chi connectivity index (χ1v) is 13.8. The number of oxime groups is 1. The maximum absolute atomic E-state index is 14.3. The van der Waals surface area contributed by atoms with Crippen LogP contribution in [0.1, 0.15) is 54.5 Å². The predicted octanol–water partition coefficient (Wildman–Crippen LogP) is 5.49. The van der Waals surface area contributed by atoms with Gasteiger partial charge in [-0.3, -0.25) is 4.79 Å². The maximum Gasteiger partial charge on any atom is 0.260 e. The lowest BCUT2D eigenvalue weighted by atomic mass is 9.97. The Hall–Kier alpha value is -3.05. The van der Waals surface area contributed by atoms with Crippen LogP contribution in [0, 0.1) is 5.82 Å². The highest BCUT2D eigenvalue weighted by molar-refractivity contribution is 9.10. The molecule has 0 spiro atoms. The first-order chi connectivity index (χ1) is 18.0. The Labute approximate surface area is 226 Å². The topological polar surface area (TPSA) is 86.1 Å². The highest BCUT2D eigenvalue weighted by atomic mass is 79.9. The molecule has 1 aromatic carbocycles. The van der Waals surface area contributed by atoms with E-state index in [1.807, 2.05) is 17.2 Å². The minimum absolute atomic E-state index is 0.0748. The summed E-state index contributed by atoms with van der Waals surface area (Å²) in [6.07, 6.45) is 3.22. The number of hydrogen-bond acceptors (Lipinski definition) is 8. The summed E-state index contributed by atoms with van der Waals surface area (Å²) in [5.41, 5.74) is 1.95. The highest BCUT2D eigenvalue weighted by Gasteiger charge is 2.31. The molecule has 2 aromatic heterocycles. The van der Waals surface area contributed by atoms with Gasteiger partial charge in [-0.25, -0.2) is 14.4 Å². The quantitative estimate of drug-likeness (QED) is 0.346. The Morgan fingerprint density at radius 1 is 1.24 bits per heavy atom. The third-order valence-corrected chi connectivity index (χ3v) is 8.07. The van der Waals surface area contributed by atoms with Crippen LogP contribution in [0.4, 0.5) is 4.39 Å². The molecule has 8 nitrogen and oxygen atoms in total. The van der Waals surface area contributed by atoms with Crippen molar-refractivity contribution in [2.75, 3.05) is 26.3 Å². The molecule has 0 aliphatic carbocycles. The molecule has 1 unspecified atom stereocenters. The molecule has 2 aliphatic rings. The highest BCUT2D eigenvalue weighted by Crippen LogP contribution is 2.37. The molecule has 37 heavy (non-hydrogen) atoms. The standard InChI is InChI=1S/C26H26BrFN4O4S/c1-2-34-21-7-4-10-29-25(21)35-14-23(33)32-11-8-16(9-12-32)26-30-20(15-37-26)19-13-22(36-31-19)24-17(27)5-3-6-18(24)28/h3-7,10,15-16,22H,2,8-9,11-14H2,1H3. The fraction of sp³-hybridized carbons (Fsp3) is 0.385. The third kappa shape index (κ3) is 5.77. The van der Waals surface area contributed by atoms with E-state index < -0.39 is 6.10 Å². The molecule has 1 saturated heterocycles. The molecule has 0 bridgehead atoms. The van der Waals surface area contributed by atoms with Crippen LogP contribution >= 0.6 is 27.3 Å². The van der Waals surface area contributed by atoms with E-state index in [1.54, 1.807) is 41.8 Å². The van der Waals surface area contributed by atoms with Gasteiger partial charge in [-0.05, 0) is 44.0 Å². The summed E-state index contributed by atoms with van der Waals surface area (Å²) in [5.74, 6) is 0.724. The Balaban J connectivity index is 1.13. The minimum atomic E-state index is -0.483. The molecule has 2 aliphatic heterocycles. The molecule has 0 radical (unpaired) electrons. The zero-order chi connectivity index (χ0) is 25.8. The smallest absolute Gasteiger partial charge is 0.260 e. The average molecular weight is 589 g/mol. The molecule has 5 rings (SSSR count). The second kappa shape index (κ2) is 11.6. The van der Waals surface area contributed by atoms with E-state index in [9.17, 15) is 9.18 Å². The molecule has 0 saturated carbocycles. The molecule has 3 aromatic rings. The van der Waals surface area contributed by atoms with Crippen molar-refractivity contribution in [2.24, 2.45) is 5.16 Å². The summed E-state index contributed by atoms with van der Waals surface area (Å²) in [6, 6.07) is 8.40. The zero-order valence-electron chi connectivity index (χ0n) is 20.2. The van der Waals surface area contributed by atoms with E-state index in [-0.39, 0.29) is 24.2 Å². The second-order valence-corrected chi connectivity index (χ2v) is 10.5. The molecule has 1 fully saturated rings. The van der Waals surface area contributed by atoms with Crippen LogP contribution in [0.25, 0.3) is 0 Å². The van der Waals surface area contributed by atoms with Gasteiger partial charge in [-0.1, -0.05) is 27.2 Å². The number of benzene rings is 1. The van der Waals surface area contributed by atoms with Gasteiger partial charge in [0.2, 0.25) is 0 Å². The number of pyridine rings is 1. The van der Waals surface area contributed by atoms with Gasteiger partial charge in [0.15, 0.2) is 18.5 Å². The molecule has 4 heterocycles. The van der Waals surface area contributed by atoms with Crippen LogP contribution in [0.15, 0.2) is 51.5 Å². The number of piperidine rings is 1. The van der Waals surface area contributed by atoms with Crippen LogP contribution < -0.4 is 9.47 Å². The van der Waals surface area contributed by atoms with Crippen LogP contribution in [0.3, 0.4) is 0 Å². The average Bonchev–Trinajstić information content (AvgIpc) is 3.59. The number of halogens is 2. The lowest BCUT2D eigenvalue weighted by Gasteiger charge is -2.31. The Morgan fingerprint density at radius 2 is 2.08 bits per heavy atom. The second-order valence-electron chi connectivity index (χ2n) is 8.73. The van der Waals surface area contributed by atoms with Crippen molar-refractivity contribution in [3.05, 3.63) is 68.5 Å². The Morgan fingerprint density at radius 3 is 2.86 bits per heavy atom. The number of hydrogen-bond donors (Lipinski definition) is 0. The third-order valence-electron chi connectivity index (χ3n) is 6.37. The largest absolute Gasteiger partial charge is 0.488 e. The molecule has 1 atom stereocenters. The molecule has 0 N–H and O–H groups in total. The summed E-state index contributed by atoms with van der Waals surface area (Å²) in [5, 5.41) is 7.19. The van der Waals surface area contributed by atoms with Crippen molar-refractivity contribution >= 4 is 38.9 Å². The van der Waals surface area contributed by atoms with Gasteiger partial charge in [0.1, 0.15) is 11.5 Å². The van der Waals surface area contributed by atoms with Gasteiger partial charge in [-0.15, -0.1) is 11.3 Å². The summed E-state index contributed by atoms with van der Waals surface area (Å²) >= 11 is 4.99. The molecule has 11 heteroatoms. The minimum Gasteiger partial charge on any atom is -0.488 e. The zero-order valence-corrected chi connectivity index (χ0v) is 22.6. The van der Waals surface area contributed by atoms with Gasteiger partial charge in [0, 0.05) is 47.0 Å². The number of aromatic nitrogens is 2. The number of amides is 1. The number of thiazole rings is 1. The monoisotopic (exact) mass is 588 g/mol. The van der Waals surface area contributed by atoms with Crippen molar-refractivity contribution in [1.82, 2.24) is 14.9 Å². The number of likely N-dealkylation sites (tertiary alicyclic amines) is 1. The van der Waals surface area contributed by atoms with Crippen LogP contribution in [-0.2, 0) is 9.63 Å². The van der Waals surface area contributed by atoms with Crippen molar-refractivity contribution in [3.63, 3.8) is 0 Å². The van der Waals surface area contributed by atoms with Crippen LogP contribution in [0.2, 0.25) is 0 Å². The number of nitrogens with zero attached hydrogens (tertiary/aromatic N) is 4. The van der Waals surface area contributed by atoms with Crippen molar-refractivity contribution < 1.29 is 23.5 Å². The fourth-order valence-electron chi connectivity index (χ4n) is 4.46. The van der Waals surface area contributed by atoms with Gasteiger partial charge in [-0.2, -0.15) is 0 Å². The molecular weight excluding hydrogens is 563 g/mol. The van der Waals surface area contributed by atoms with E-state index in [4.69, 9.17) is 19.3 Å². The number of carbonyl (C=O) groups is 1. The van der Waals surface area contributed by atoms with E-state index in [2.05, 4.69) is 26.1 Å². The van der Waals surface area contributed by atoms with Crippen molar-refractivity contribution in [2.45, 2.75) is 38.2 Å². The van der Waals surface area contributed by atoms with E-state index in [0.717, 1.165) is 23.5 Å². The maximum atomic E-state index is 14.3. The van der Waals surface area contributed by atoms with E-state index in [0.29, 0.717) is 53.5 Å². The molecule has 194 valence electrons. The Bertz CT molecular complexity index is 1270. The first kappa shape index (κ1) is 25.6. The lowest BCUT2D eigenvalue weighted by Crippen LogP contribution is -2.40.